The van der Waals surface area contributed by atoms with Crippen LogP contribution in [0.25, 0.3) is 22.0 Å². The molecular formula is C27H34F6N4O3Si. The molecule has 0 saturated carbocycles. The summed E-state index contributed by atoms with van der Waals surface area (Å²) in [6.07, 6.45) is -5.13. The number of ether oxygens (including phenoxy) is 1. The summed E-state index contributed by atoms with van der Waals surface area (Å²) < 4.78 is 91.3. The Balaban J connectivity index is 1.87. The van der Waals surface area contributed by atoms with Gasteiger partial charge in [0.25, 0.3) is 0 Å². The Bertz CT molecular complexity index is 1390. The quantitative estimate of drug-likeness (QED) is 0.136. The number of aromatic nitrogens is 2. The molecule has 0 atom stereocenters. The van der Waals surface area contributed by atoms with E-state index in [1.54, 1.807) is 6.07 Å². The van der Waals surface area contributed by atoms with Gasteiger partial charge in [0.2, 0.25) is 5.91 Å². The number of carbonyl (C=O) groups is 1. The predicted molar refractivity (Wildman–Crippen MR) is 147 cm³/mol. The van der Waals surface area contributed by atoms with Gasteiger partial charge in [-0.3, -0.25) is 9.48 Å². The molecule has 7 nitrogen and oxygen atoms in total. The lowest BCUT2D eigenvalue weighted by Crippen LogP contribution is -2.41. The third-order valence-corrected chi connectivity index (χ3v) is 11.6. The van der Waals surface area contributed by atoms with Crippen molar-refractivity contribution in [3.8, 4) is 16.9 Å². The number of rotatable bonds is 12. The number of nitrogens with zero attached hydrogens (tertiary/aromatic N) is 2. The molecule has 3 aromatic rings. The number of halogens is 6. The fraction of sp³-hybridized carbons (Fsp3) is 0.481. The fourth-order valence-corrected chi connectivity index (χ4v) is 4.75. The van der Waals surface area contributed by atoms with Gasteiger partial charge < -0.3 is 20.2 Å². The van der Waals surface area contributed by atoms with E-state index in [1.807, 2.05) is 0 Å². The minimum absolute atomic E-state index is 0.0611. The first-order valence-corrected chi connectivity index (χ1v) is 15.8. The number of carbonyl (C=O) groups excluding carboxylic acids is 1. The van der Waals surface area contributed by atoms with Crippen molar-refractivity contribution in [3.63, 3.8) is 0 Å². The molecule has 1 heterocycles. The van der Waals surface area contributed by atoms with Crippen LogP contribution in [0.4, 0.5) is 32.2 Å². The fourth-order valence-electron chi connectivity index (χ4n) is 3.67. The SMILES string of the molecule is CC(C)(C)[Si](C)(C)OCCCNc1nn(CC(N)=O)c2cc(-c3cc(F)ccc3OCC(F)(F)C(F)(F)F)ccc12. The van der Waals surface area contributed by atoms with Crippen LogP contribution >= 0.6 is 0 Å². The Labute approximate surface area is 235 Å². The van der Waals surface area contributed by atoms with Gasteiger partial charge in [-0.05, 0) is 60.4 Å². The summed E-state index contributed by atoms with van der Waals surface area (Å²) in [6, 6.07) is 7.45. The summed E-state index contributed by atoms with van der Waals surface area (Å²) in [6.45, 7) is 9.56. The molecule has 0 aliphatic heterocycles. The van der Waals surface area contributed by atoms with Crippen molar-refractivity contribution in [2.45, 2.75) is 64.0 Å². The molecular weight excluding hydrogens is 570 g/mol. The highest BCUT2D eigenvalue weighted by molar-refractivity contribution is 6.74. The molecule has 226 valence electrons. The van der Waals surface area contributed by atoms with E-state index < -0.39 is 38.7 Å². The average Bonchev–Trinajstić information content (AvgIpc) is 3.17. The Morgan fingerprint density at radius 3 is 2.37 bits per heavy atom. The van der Waals surface area contributed by atoms with Crippen molar-refractivity contribution in [2.24, 2.45) is 5.73 Å². The van der Waals surface area contributed by atoms with Gasteiger partial charge in [-0.25, -0.2) is 4.39 Å². The number of alkyl halides is 5. The van der Waals surface area contributed by atoms with Gasteiger partial charge >= 0.3 is 12.1 Å². The van der Waals surface area contributed by atoms with Crippen LogP contribution in [0.2, 0.25) is 18.1 Å². The molecule has 41 heavy (non-hydrogen) atoms. The second kappa shape index (κ2) is 11.9. The van der Waals surface area contributed by atoms with Crippen LogP contribution in [0, 0.1) is 5.82 Å². The van der Waals surface area contributed by atoms with Gasteiger partial charge in [-0.1, -0.05) is 26.8 Å². The second-order valence-electron chi connectivity index (χ2n) is 11.2. The molecule has 1 aromatic heterocycles. The summed E-state index contributed by atoms with van der Waals surface area (Å²) >= 11 is 0. The predicted octanol–water partition coefficient (Wildman–Crippen LogP) is 6.73. The molecule has 2 aromatic carbocycles. The lowest BCUT2D eigenvalue weighted by Gasteiger charge is -2.36. The van der Waals surface area contributed by atoms with Crippen molar-refractivity contribution in [1.82, 2.24) is 9.78 Å². The van der Waals surface area contributed by atoms with E-state index in [0.717, 1.165) is 18.2 Å². The van der Waals surface area contributed by atoms with Gasteiger partial charge in [0.1, 0.15) is 18.1 Å². The number of benzene rings is 2. The summed E-state index contributed by atoms with van der Waals surface area (Å²) in [5, 5.41) is 8.31. The summed E-state index contributed by atoms with van der Waals surface area (Å²) in [5.74, 6) is -6.49. The highest BCUT2D eigenvalue weighted by Crippen LogP contribution is 2.39. The highest BCUT2D eigenvalue weighted by atomic mass is 28.4. The molecule has 1 amide bonds. The zero-order valence-corrected chi connectivity index (χ0v) is 24.5. The van der Waals surface area contributed by atoms with Crippen LogP contribution in [0.1, 0.15) is 27.2 Å². The van der Waals surface area contributed by atoms with Crippen LogP contribution in [0.3, 0.4) is 0 Å². The Morgan fingerprint density at radius 1 is 1.07 bits per heavy atom. The lowest BCUT2D eigenvalue weighted by molar-refractivity contribution is -0.289. The van der Waals surface area contributed by atoms with Gasteiger partial charge in [0.15, 0.2) is 20.7 Å². The van der Waals surface area contributed by atoms with Crippen LogP contribution in [0.15, 0.2) is 36.4 Å². The molecule has 0 spiro atoms. The number of amides is 1. The molecule has 0 aliphatic carbocycles. The normalized spacial score (nSPS) is 13.0. The van der Waals surface area contributed by atoms with E-state index in [9.17, 15) is 31.1 Å². The maximum Gasteiger partial charge on any atom is 0.456 e. The number of primary amides is 1. The van der Waals surface area contributed by atoms with E-state index in [4.69, 9.17) is 14.9 Å². The van der Waals surface area contributed by atoms with Crippen LogP contribution < -0.4 is 15.8 Å². The third-order valence-electron chi connectivity index (χ3n) is 7.02. The number of hydrogen-bond donors (Lipinski definition) is 2. The minimum Gasteiger partial charge on any atom is -0.486 e. The molecule has 0 radical (unpaired) electrons. The maximum atomic E-state index is 14.1. The number of anilines is 1. The third kappa shape index (κ3) is 7.73. The summed E-state index contributed by atoms with van der Waals surface area (Å²) in [4.78, 5) is 11.7. The number of fused-ring (bicyclic) bond motifs is 1. The van der Waals surface area contributed by atoms with E-state index in [0.29, 0.717) is 36.3 Å². The monoisotopic (exact) mass is 604 g/mol. The standard InChI is InChI=1S/C27H34F6N4O3Si/c1-25(2,3)41(4,5)40-12-6-11-35-24-19-9-7-17(13-21(19)37(36-24)15-23(34)38)20-14-18(28)8-10-22(20)39-16-26(29,30)27(31,32)33/h7-10,13-14H,6,11-12,15-16H2,1-5H3,(H2,34,38)(H,35,36). The molecule has 3 N–H and O–H groups in total. The molecule has 0 saturated heterocycles. The van der Waals surface area contributed by atoms with Gasteiger partial charge in [-0.2, -0.15) is 27.1 Å². The van der Waals surface area contributed by atoms with Crippen LogP contribution in [0.5, 0.6) is 5.75 Å². The molecule has 0 unspecified atom stereocenters. The number of hydrogen-bond acceptors (Lipinski definition) is 5. The Hall–Kier alpha value is -3.26. The highest BCUT2D eigenvalue weighted by Gasteiger charge is 2.58. The smallest absolute Gasteiger partial charge is 0.456 e. The zero-order valence-electron chi connectivity index (χ0n) is 23.5. The second-order valence-corrected chi connectivity index (χ2v) is 16.0. The Morgan fingerprint density at radius 2 is 1.76 bits per heavy atom. The zero-order chi connectivity index (χ0) is 30.8. The van der Waals surface area contributed by atoms with Gasteiger partial charge in [0, 0.05) is 24.1 Å². The van der Waals surface area contributed by atoms with E-state index >= 15 is 0 Å². The van der Waals surface area contributed by atoms with E-state index in [-0.39, 0.29) is 28.5 Å². The average molecular weight is 605 g/mol. The molecule has 3 rings (SSSR count). The van der Waals surface area contributed by atoms with Crippen molar-refractivity contribution < 1.29 is 40.3 Å². The van der Waals surface area contributed by atoms with Crippen LogP contribution in [-0.2, 0) is 15.8 Å². The van der Waals surface area contributed by atoms with Crippen molar-refractivity contribution >= 4 is 30.9 Å². The number of nitrogens with two attached hydrogens (primary N) is 1. The molecule has 14 heteroatoms. The summed E-state index contributed by atoms with van der Waals surface area (Å²) in [5.41, 5.74) is 5.96. The lowest BCUT2D eigenvalue weighted by atomic mass is 10.0. The van der Waals surface area contributed by atoms with Crippen molar-refractivity contribution in [3.05, 3.63) is 42.2 Å². The van der Waals surface area contributed by atoms with Gasteiger partial charge in [-0.15, -0.1) is 0 Å². The maximum absolute atomic E-state index is 14.1. The minimum atomic E-state index is -5.81. The Kier molecular flexibility index (Phi) is 9.38. The van der Waals surface area contributed by atoms with Crippen molar-refractivity contribution in [1.29, 1.82) is 0 Å². The first-order chi connectivity index (χ1) is 18.8. The molecule has 0 aliphatic rings. The van der Waals surface area contributed by atoms with E-state index in [2.05, 4.69) is 44.3 Å². The summed E-state index contributed by atoms with van der Waals surface area (Å²) in [7, 11) is -1.90. The largest absolute Gasteiger partial charge is 0.486 e. The topological polar surface area (TPSA) is 91.4 Å². The molecule has 0 fully saturated rings. The first kappa shape index (κ1) is 32.3. The van der Waals surface area contributed by atoms with Gasteiger partial charge in [0.05, 0.1) is 5.52 Å². The first-order valence-electron chi connectivity index (χ1n) is 12.9. The number of nitrogens with one attached hydrogen (secondary N) is 1. The van der Waals surface area contributed by atoms with E-state index in [1.165, 1.54) is 16.8 Å². The van der Waals surface area contributed by atoms with Crippen LogP contribution in [-0.4, -0.2) is 55.9 Å². The van der Waals surface area contributed by atoms with Crippen molar-refractivity contribution in [2.75, 3.05) is 25.1 Å². The molecule has 0 bridgehead atoms.